The molecule has 1 rings (SSSR count). The number of hydrogen-bond donors (Lipinski definition) is 0. The van der Waals surface area contributed by atoms with Crippen LogP contribution in [-0.4, -0.2) is 9.91 Å². The summed E-state index contributed by atoms with van der Waals surface area (Å²) >= 11 is 6.90. The van der Waals surface area contributed by atoms with E-state index in [1.807, 2.05) is 0 Å². The summed E-state index contributed by atoms with van der Waals surface area (Å²) < 4.78 is 24.8. The van der Waals surface area contributed by atoms with Gasteiger partial charge in [-0.1, -0.05) is 11.6 Å². The van der Waals surface area contributed by atoms with E-state index < -0.39 is 27.8 Å². The predicted octanol–water partition coefficient (Wildman–Crippen LogP) is 3.19. The van der Waals surface area contributed by atoms with Crippen molar-refractivity contribution in [2.24, 2.45) is 0 Å². The Morgan fingerprint density at radius 2 is 2.21 bits per heavy atom. The van der Waals surface area contributed by atoms with E-state index in [1.54, 1.807) is 22.6 Å². The SMILES string of the molecule is O=[N+]([O-])c1c(I)cnc(Cl)c1C(F)F. The van der Waals surface area contributed by atoms with Crippen LogP contribution in [0.25, 0.3) is 0 Å². The zero-order valence-corrected chi connectivity index (χ0v) is 9.29. The molecule has 0 aliphatic rings. The highest BCUT2D eigenvalue weighted by atomic mass is 127. The lowest BCUT2D eigenvalue weighted by Crippen LogP contribution is -2.01. The van der Waals surface area contributed by atoms with Gasteiger partial charge in [-0.25, -0.2) is 13.8 Å². The van der Waals surface area contributed by atoms with E-state index in [1.165, 1.54) is 0 Å². The van der Waals surface area contributed by atoms with Crippen LogP contribution < -0.4 is 0 Å². The molecule has 14 heavy (non-hydrogen) atoms. The number of halogens is 4. The Morgan fingerprint density at radius 3 is 2.57 bits per heavy atom. The Kier molecular flexibility index (Phi) is 3.53. The fourth-order valence-corrected chi connectivity index (χ4v) is 1.70. The number of hydrogen-bond acceptors (Lipinski definition) is 3. The molecular formula is C6H2ClF2IN2O2. The highest BCUT2D eigenvalue weighted by Crippen LogP contribution is 2.36. The summed E-state index contributed by atoms with van der Waals surface area (Å²) in [6, 6.07) is 0. The zero-order chi connectivity index (χ0) is 10.9. The number of rotatable bonds is 2. The van der Waals surface area contributed by atoms with Gasteiger partial charge in [0.1, 0.15) is 14.3 Å². The average molecular weight is 334 g/mol. The highest BCUT2D eigenvalue weighted by molar-refractivity contribution is 14.1. The summed E-state index contributed by atoms with van der Waals surface area (Å²) in [5.74, 6) is 0. The van der Waals surface area contributed by atoms with Crippen molar-refractivity contribution in [2.45, 2.75) is 6.43 Å². The number of alkyl halides is 2. The van der Waals surface area contributed by atoms with Crippen LogP contribution in [0.3, 0.4) is 0 Å². The van der Waals surface area contributed by atoms with Crippen molar-refractivity contribution in [1.29, 1.82) is 0 Å². The molecule has 1 aromatic heterocycles. The molecule has 8 heteroatoms. The number of aromatic nitrogens is 1. The second-order valence-corrected chi connectivity index (χ2v) is 3.74. The van der Waals surface area contributed by atoms with Crippen LogP contribution in [0, 0.1) is 13.7 Å². The fourth-order valence-electron chi connectivity index (χ4n) is 0.849. The summed E-state index contributed by atoms with van der Waals surface area (Å²) in [4.78, 5) is 13.0. The Hall–Kier alpha value is -0.570. The maximum Gasteiger partial charge on any atom is 0.296 e. The first kappa shape index (κ1) is 11.5. The van der Waals surface area contributed by atoms with Crippen LogP contribution in [0.1, 0.15) is 12.0 Å². The lowest BCUT2D eigenvalue weighted by molar-refractivity contribution is -0.387. The smallest absolute Gasteiger partial charge is 0.258 e. The molecule has 0 amide bonds. The minimum absolute atomic E-state index is 0.0345. The van der Waals surface area contributed by atoms with Crippen LogP contribution in [-0.2, 0) is 0 Å². The third-order valence-electron chi connectivity index (χ3n) is 1.40. The van der Waals surface area contributed by atoms with Gasteiger partial charge in [0.15, 0.2) is 0 Å². The molecule has 1 aromatic rings. The van der Waals surface area contributed by atoms with E-state index in [9.17, 15) is 18.9 Å². The van der Waals surface area contributed by atoms with Crippen LogP contribution in [0.15, 0.2) is 6.20 Å². The van der Waals surface area contributed by atoms with Crippen molar-refractivity contribution in [3.63, 3.8) is 0 Å². The molecule has 0 spiro atoms. The first-order valence-corrected chi connectivity index (χ1v) is 4.67. The lowest BCUT2D eigenvalue weighted by atomic mass is 10.2. The second-order valence-electron chi connectivity index (χ2n) is 2.22. The normalized spacial score (nSPS) is 10.6. The summed E-state index contributed by atoms with van der Waals surface area (Å²) in [6.45, 7) is 0. The maximum absolute atomic E-state index is 12.4. The molecule has 0 radical (unpaired) electrons. The molecule has 0 aliphatic carbocycles. The number of nitro groups is 1. The predicted molar refractivity (Wildman–Crippen MR) is 53.6 cm³/mol. The molecule has 0 atom stereocenters. The van der Waals surface area contributed by atoms with E-state index in [0.29, 0.717) is 0 Å². The van der Waals surface area contributed by atoms with Crippen molar-refractivity contribution in [3.8, 4) is 0 Å². The van der Waals surface area contributed by atoms with Gasteiger partial charge >= 0.3 is 0 Å². The van der Waals surface area contributed by atoms with Crippen LogP contribution in [0.2, 0.25) is 5.15 Å². The molecule has 0 fully saturated rings. The monoisotopic (exact) mass is 334 g/mol. The van der Waals surface area contributed by atoms with Gasteiger partial charge in [0, 0.05) is 6.20 Å². The number of nitrogens with zero attached hydrogens (tertiary/aromatic N) is 2. The van der Waals surface area contributed by atoms with Crippen molar-refractivity contribution < 1.29 is 13.7 Å². The fraction of sp³-hybridized carbons (Fsp3) is 0.167. The minimum Gasteiger partial charge on any atom is -0.258 e. The molecule has 0 saturated heterocycles. The highest BCUT2D eigenvalue weighted by Gasteiger charge is 2.28. The Labute approximate surface area is 95.6 Å². The van der Waals surface area contributed by atoms with E-state index in [2.05, 4.69) is 4.98 Å². The maximum atomic E-state index is 12.4. The van der Waals surface area contributed by atoms with Gasteiger partial charge in [-0.3, -0.25) is 10.1 Å². The van der Waals surface area contributed by atoms with E-state index in [4.69, 9.17) is 11.6 Å². The molecule has 0 bridgehead atoms. The van der Waals surface area contributed by atoms with Crippen molar-refractivity contribution >= 4 is 39.9 Å². The van der Waals surface area contributed by atoms with Crippen molar-refractivity contribution in [2.75, 3.05) is 0 Å². The second kappa shape index (κ2) is 4.30. The minimum atomic E-state index is -3.01. The summed E-state index contributed by atoms with van der Waals surface area (Å²) in [5.41, 5.74) is -1.51. The van der Waals surface area contributed by atoms with Crippen molar-refractivity contribution in [3.05, 3.63) is 30.6 Å². The standard InChI is InChI=1S/C6H2ClF2IN2O2/c7-5-3(6(8)9)4(12(13)14)2(10)1-11-5/h1,6H. The average Bonchev–Trinajstić information content (AvgIpc) is 2.07. The van der Waals surface area contributed by atoms with E-state index in [-0.39, 0.29) is 3.57 Å². The van der Waals surface area contributed by atoms with E-state index in [0.717, 1.165) is 6.20 Å². The third kappa shape index (κ3) is 2.08. The van der Waals surface area contributed by atoms with Gasteiger partial charge in [0.2, 0.25) is 0 Å². The largest absolute Gasteiger partial charge is 0.296 e. The van der Waals surface area contributed by atoms with Crippen LogP contribution in [0.4, 0.5) is 14.5 Å². The van der Waals surface area contributed by atoms with Gasteiger partial charge in [0.05, 0.1) is 4.92 Å². The van der Waals surface area contributed by atoms with Crippen LogP contribution in [0.5, 0.6) is 0 Å². The first-order valence-electron chi connectivity index (χ1n) is 3.21. The summed E-state index contributed by atoms with van der Waals surface area (Å²) in [5, 5.41) is 9.95. The Morgan fingerprint density at radius 1 is 1.64 bits per heavy atom. The molecule has 4 nitrogen and oxygen atoms in total. The van der Waals surface area contributed by atoms with Gasteiger partial charge in [-0.05, 0) is 22.6 Å². The van der Waals surface area contributed by atoms with Gasteiger partial charge < -0.3 is 0 Å². The molecule has 0 unspecified atom stereocenters. The van der Waals surface area contributed by atoms with Gasteiger partial charge in [-0.2, -0.15) is 0 Å². The topological polar surface area (TPSA) is 56.0 Å². The van der Waals surface area contributed by atoms with E-state index >= 15 is 0 Å². The molecule has 0 aromatic carbocycles. The third-order valence-corrected chi connectivity index (χ3v) is 2.49. The molecule has 76 valence electrons. The molecule has 0 aliphatic heterocycles. The Bertz CT molecular complexity index is 388. The lowest BCUT2D eigenvalue weighted by Gasteiger charge is -2.04. The van der Waals surface area contributed by atoms with Crippen LogP contribution >= 0.6 is 34.2 Å². The van der Waals surface area contributed by atoms with Crippen molar-refractivity contribution in [1.82, 2.24) is 4.98 Å². The molecule has 1 heterocycles. The molecule has 0 saturated carbocycles. The molecular weight excluding hydrogens is 332 g/mol. The van der Waals surface area contributed by atoms with Gasteiger partial charge in [0.25, 0.3) is 12.1 Å². The summed E-state index contributed by atoms with van der Waals surface area (Å²) in [6.07, 6.45) is -1.93. The first-order chi connectivity index (χ1) is 6.45. The number of pyridine rings is 1. The van der Waals surface area contributed by atoms with Gasteiger partial charge in [-0.15, -0.1) is 0 Å². The summed E-state index contributed by atoms with van der Waals surface area (Å²) in [7, 11) is 0. The zero-order valence-electron chi connectivity index (χ0n) is 6.38. The quantitative estimate of drug-likeness (QED) is 0.361. The molecule has 0 N–H and O–H groups in total. The Balaban J connectivity index is 3.50.